The number of sulfonamides is 1. The quantitative estimate of drug-likeness (QED) is 0.772. The summed E-state index contributed by atoms with van der Waals surface area (Å²) >= 11 is 10.0. The molecule has 1 atom stereocenters. The van der Waals surface area contributed by atoms with E-state index in [9.17, 15) is 8.42 Å². The molecule has 1 aromatic heterocycles. The van der Waals surface area contributed by atoms with E-state index in [1.807, 2.05) is 0 Å². The van der Waals surface area contributed by atoms with Gasteiger partial charge in [0.15, 0.2) is 6.29 Å². The second kappa shape index (κ2) is 6.65. The van der Waals surface area contributed by atoms with Crippen molar-refractivity contribution >= 4 is 48.9 Å². The Kier molecular flexibility index (Phi) is 6.04. The van der Waals surface area contributed by atoms with Crippen LogP contribution in [0.5, 0.6) is 0 Å². The third-order valence-corrected chi connectivity index (χ3v) is 6.61. The maximum Gasteiger partial charge on any atom is 0.250 e. The van der Waals surface area contributed by atoms with Crippen LogP contribution in [0.15, 0.2) is 14.1 Å². The highest BCUT2D eigenvalue weighted by Gasteiger charge is 2.25. The summed E-state index contributed by atoms with van der Waals surface area (Å²) in [5.41, 5.74) is 0. The lowest BCUT2D eigenvalue weighted by molar-refractivity contribution is -0.115. The second-order valence-corrected chi connectivity index (χ2v) is 8.15. The summed E-state index contributed by atoms with van der Waals surface area (Å²) < 4.78 is 37.3. The highest BCUT2D eigenvalue weighted by atomic mass is 79.9. The van der Waals surface area contributed by atoms with Gasteiger partial charge in [0.05, 0.1) is 14.9 Å². The van der Waals surface area contributed by atoms with Gasteiger partial charge in [-0.15, -0.1) is 11.3 Å². The fourth-order valence-corrected chi connectivity index (χ4v) is 4.97. The van der Waals surface area contributed by atoms with E-state index >= 15 is 0 Å². The molecule has 0 spiro atoms. The van der Waals surface area contributed by atoms with Crippen LogP contribution < -0.4 is 4.72 Å². The van der Waals surface area contributed by atoms with Crippen LogP contribution in [-0.2, 0) is 19.5 Å². The number of hydrogen-bond donors (Lipinski definition) is 1. The lowest BCUT2D eigenvalue weighted by Crippen LogP contribution is -2.42. The summed E-state index contributed by atoms with van der Waals surface area (Å²) in [4.78, 5) is 0. The zero-order valence-corrected chi connectivity index (χ0v) is 13.9. The number of ether oxygens (including phenoxy) is 2. The number of rotatable bonds is 6. The molecule has 1 aromatic rings. The average Bonchev–Trinajstić information content (AvgIpc) is 2.61. The average molecular weight is 379 g/mol. The van der Waals surface area contributed by atoms with Gasteiger partial charge in [0.25, 0.3) is 10.0 Å². The molecule has 0 aliphatic rings. The van der Waals surface area contributed by atoms with Crippen molar-refractivity contribution in [3.05, 3.63) is 14.9 Å². The number of methoxy groups -OCH3 is 2. The normalized spacial score (nSPS) is 14.1. The van der Waals surface area contributed by atoms with Gasteiger partial charge in [-0.25, -0.2) is 13.1 Å². The van der Waals surface area contributed by atoms with Crippen LogP contribution in [0.4, 0.5) is 0 Å². The topological polar surface area (TPSA) is 64.6 Å². The molecule has 0 saturated heterocycles. The minimum Gasteiger partial charge on any atom is -0.354 e. The van der Waals surface area contributed by atoms with E-state index in [4.69, 9.17) is 21.1 Å². The Morgan fingerprint density at radius 2 is 2.00 bits per heavy atom. The van der Waals surface area contributed by atoms with Crippen molar-refractivity contribution < 1.29 is 17.9 Å². The third-order valence-electron chi connectivity index (χ3n) is 2.10. The van der Waals surface area contributed by atoms with Gasteiger partial charge >= 0.3 is 0 Å². The minimum absolute atomic E-state index is 0.136. The van der Waals surface area contributed by atoms with Crippen molar-refractivity contribution in [2.24, 2.45) is 0 Å². The fourth-order valence-electron chi connectivity index (χ4n) is 1.32. The predicted octanol–water partition coefficient (Wildman–Crippen LogP) is 2.45. The summed E-state index contributed by atoms with van der Waals surface area (Å²) in [5, 5.41) is 0.364. The summed E-state index contributed by atoms with van der Waals surface area (Å²) in [6, 6.07) is 0.865. The van der Waals surface area contributed by atoms with Crippen LogP contribution in [-0.4, -0.2) is 35.0 Å². The first-order valence-corrected chi connectivity index (χ1v) is 8.31. The van der Waals surface area contributed by atoms with Crippen LogP contribution in [0, 0.1) is 0 Å². The zero-order valence-electron chi connectivity index (χ0n) is 9.94. The molecule has 1 heterocycles. The van der Waals surface area contributed by atoms with Gasteiger partial charge in [-0.1, -0.05) is 11.6 Å². The van der Waals surface area contributed by atoms with E-state index in [1.54, 1.807) is 6.92 Å². The molecular weight excluding hydrogens is 366 g/mol. The standard InChI is InChI=1S/C9H13BrClNO4S2/c1-5(9(15-2)16-3)12-18(13,14)7-4-6(11)8(10)17-7/h4-5,9,12H,1-3H3. The third kappa shape index (κ3) is 3.89. The van der Waals surface area contributed by atoms with Gasteiger partial charge < -0.3 is 9.47 Å². The van der Waals surface area contributed by atoms with Crippen molar-refractivity contribution in [3.8, 4) is 0 Å². The molecule has 0 saturated carbocycles. The Morgan fingerprint density at radius 3 is 2.39 bits per heavy atom. The summed E-state index contributed by atoms with van der Waals surface area (Å²) in [6.45, 7) is 1.65. The Balaban J connectivity index is 2.88. The Morgan fingerprint density at radius 1 is 1.44 bits per heavy atom. The van der Waals surface area contributed by atoms with Crippen molar-refractivity contribution in [2.75, 3.05) is 14.2 Å². The van der Waals surface area contributed by atoms with Crippen molar-refractivity contribution in [2.45, 2.75) is 23.5 Å². The molecule has 0 radical (unpaired) electrons. The predicted molar refractivity (Wildman–Crippen MR) is 74.6 cm³/mol. The maximum absolute atomic E-state index is 12.1. The summed E-state index contributed by atoms with van der Waals surface area (Å²) in [7, 11) is -0.748. The molecule has 0 fully saturated rings. The molecule has 104 valence electrons. The largest absolute Gasteiger partial charge is 0.354 e. The Labute approximate surface area is 124 Å². The molecule has 1 rings (SSSR count). The van der Waals surface area contributed by atoms with E-state index in [2.05, 4.69) is 20.7 Å². The number of thiophene rings is 1. The molecule has 18 heavy (non-hydrogen) atoms. The van der Waals surface area contributed by atoms with E-state index in [1.165, 1.54) is 20.3 Å². The zero-order chi connectivity index (χ0) is 13.9. The molecule has 0 aromatic carbocycles. The van der Waals surface area contributed by atoms with Gasteiger partial charge in [0.2, 0.25) is 0 Å². The van der Waals surface area contributed by atoms with Crippen LogP contribution in [0.3, 0.4) is 0 Å². The summed E-state index contributed by atoms with van der Waals surface area (Å²) in [6.07, 6.45) is -0.654. The van der Waals surface area contributed by atoms with E-state index in [0.29, 0.717) is 8.81 Å². The number of nitrogens with one attached hydrogen (secondary N) is 1. The van der Waals surface area contributed by atoms with Gasteiger partial charge in [-0.05, 0) is 28.9 Å². The van der Waals surface area contributed by atoms with Crippen molar-refractivity contribution in [3.63, 3.8) is 0 Å². The number of hydrogen-bond acceptors (Lipinski definition) is 5. The Hall–Kier alpha value is 0.300. The van der Waals surface area contributed by atoms with Gasteiger partial charge in [-0.3, -0.25) is 0 Å². The first-order chi connectivity index (χ1) is 8.31. The molecule has 0 aliphatic heterocycles. The molecule has 1 unspecified atom stereocenters. The molecule has 5 nitrogen and oxygen atoms in total. The van der Waals surface area contributed by atoms with Crippen LogP contribution >= 0.6 is 38.9 Å². The highest BCUT2D eigenvalue weighted by molar-refractivity contribution is 9.11. The first-order valence-electron chi connectivity index (χ1n) is 4.84. The number of halogens is 2. The van der Waals surface area contributed by atoms with E-state index in [0.717, 1.165) is 11.3 Å². The molecular formula is C9H13BrClNO4S2. The molecule has 0 amide bonds. The monoisotopic (exact) mass is 377 g/mol. The van der Waals surface area contributed by atoms with Gasteiger partial charge in [-0.2, -0.15) is 0 Å². The Bertz CT molecular complexity index is 481. The summed E-state index contributed by atoms with van der Waals surface area (Å²) in [5.74, 6) is 0. The lowest BCUT2D eigenvalue weighted by atomic mass is 10.3. The van der Waals surface area contributed by atoms with Crippen molar-refractivity contribution in [1.82, 2.24) is 4.72 Å². The second-order valence-electron chi connectivity index (χ2n) is 3.44. The molecule has 9 heteroatoms. The van der Waals surface area contributed by atoms with Crippen LogP contribution in [0.25, 0.3) is 0 Å². The smallest absolute Gasteiger partial charge is 0.250 e. The first kappa shape index (κ1) is 16.4. The van der Waals surface area contributed by atoms with E-state index in [-0.39, 0.29) is 4.21 Å². The molecule has 0 aliphatic carbocycles. The fraction of sp³-hybridized carbons (Fsp3) is 0.556. The maximum atomic E-state index is 12.1. The van der Waals surface area contributed by atoms with Gasteiger partial charge in [0, 0.05) is 14.2 Å². The molecule has 0 bridgehead atoms. The van der Waals surface area contributed by atoms with Gasteiger partial charge in [0.1, 0.15) is 4.21 Å². The van der Waals surface area contributed by atoms with E-state index < -0.39 is 22.4 Å². The molecule has 1 N–H and O–H groups in total. The SMILES string of the molecule is COC(OC)C(C)NS(=O)(=O)c1cc(Cl)c(Br)s1. The minimum atomic E-state index is -3.63. The van der Waals surface area contributed by atoms with Crippen molar-refractivity contribution in [1.29, 1.82) is 0 Å². The lowest BCUT2D eigenvalue weighted by Gasteiger charge is -2.21. The highest BCUT2D eigenvalue weighted by Crippen LogP contribution is 2.34. The van der Waals surface area contributed by atoms with Crippen LogP contribution in [0.2, 0.25) is 5.02 Å². The van der Waals surface area contributed by atoms with Crippen LogP contribution in [0.1, 0.15) is 6.92 Å².